The van der Waals surface area contributed by atoms with E-state index in [9.17, 15) is 14.4 Å². The van der Waals surface area contributed by atoms with Gasteiger partial charge in [0.15, 0.2) is 0 Å². The van der Waals surface area contributed by atoms with Gasteiger partial charge >= 0.3 is 17.9 Å². The van der Waals surface area contributed by atoms with Crippen molar-refractivity contribution in [3.63, 3.8) is 0 Å². The topological polar surface area (TPSA) is 82.1 Å². The number of rotatable bonds is 14. The summed E-state index contributed by atoms with van der Waals surface area (Å²) in [4.78, 5) is 36.1. The molecule has 0 atom stereocenters. The zero-order valence-electron chi connectivity index (χ0n) is 15.2. The number of carbonyl (C=O) groups is 3. The quantitative estimate of drug-likeness (QED) is 0.351. The molecule has 0 saturated heterocycles. The first-order chi connectivity index (χ1) is 11.5. The highest BCUT2D eigenvalue weighted by atomic mass is 16.5. The molecule has 0 aliphatic rings. The summed E-state index contributed by atoms with van der Waals surface area (Å²) in [5, 5.41) is 0. The Labute approximate surface area is 144 Å². The summed E-state index contributed by atoms with van der Waals surface area (Å²) in [6.07, 6.45) is 2.55. The van der Waals surface area contributed by atoms with Gasteiger partial charge in [-0.25, -0.2) is 0 Å². The van der Waals surface area contributed by atoms with Crippen molar-refractivity contribution in [3.8, 4) is 0 Å². The average molecular weight is 345 g/mol. The predicted octanol–water partition coefficient (Wildman–Crippen LogP) is 1.93. The molecule has 0 radical (unpaired) electrons. The van der Waals surface area contributed by atoms with Gasteiger partial charge in [-0.2, -0.15) is 0 Å². The van der Waals surface area contributed by atoms with Crippen LogP contribution in [0.5, 0.6) is 0 Å². The van der Waals surface area contributed by atoms with E-state index in [2.05, 4.69) is 0 Å². The Morgan fingerprint density at radius 3 is 1.54 bits per heavy atom. The molecule has 7 heteroatoms. The van der Waals surface area contributed by atoms with E-state index in [0.717, 1.165) is 12.8 Å². The van der Waals surface area contributed by atoms with Gasteiger partial charge in [-0.05, 0) is 19.8 Å². The third-order valence-corrected chi connectivity index (χ3v) is 3.19. The minimum Gasteiger partial charge on any atom is -0.466 e. The number of hydrogen-bond acceptors (Lipinski definition) is 7. The van der Waals surface area contributed by atoms with E-state index in [0.29, 0.717) is 39.1 Å². The van der Waals surface area contributed by atoms with Crippen molar-refractivity contribution in [1.29, 1.82) is 0 Å². The monoisotopic (exact) mass is 345 g/mol. The average Bonchev–Trinajstić information content (AvgIpc) is 2.53. The first kappa shape index (κ1) is 22.4. The minimum atomic E-state index is -0.270. The zero-order chi connectivity index (χ0) is 18.2. The van der Waals surface area contributed by atoms with Gasteiger partial charge in [0, 0.05) is 32.5 Å². The number of esters is 3. The molecular formula is C17H31NO6. The lowest BCUT2D eigenvalue weighted by molar-refractivity contribution is -0.146. The molecule has 0 aliphatic carbocycles. The van der Waals surface area contributed by atoms with E-state index in [-0.39, 0.29) is 37.5 Å². The highest BCUT2D eigenvalue weighted by Crippen LogP contribution is 1.98. The van der Waals surface area contributed by atoms with Crippen molar-refractivity contribution in [2.75, 3.05) is 39.5 Å². The smallest absolute Gasteiger partial charge is 0.307 e. The molecule has 0 aromatic heterocycles. The van der Waals surface area contributed by atoms with E-state index in [4.69, 9.17) is 14.2 Å². The van der Waals surface area contributed by atoms with Crippen LogP contribution in [0.25, 0.3) is 0 Å². The van der Waals surface area contributed by atoms with E-state index in [1.165, 1.54) is 0 Å². The van der Waals surface area contributed by atoms with Gasteiger partial charge < -0.3 is 14.2 Å². The van der Waals surface area contributed by atoms with Crippen LogP contribution < -0.4 is 0 Å². The maximum Gasteiger partial charge on any atom is 0.307 e. The summed E-state index contributed by atoms with van der Waals surface area (Å²) in [6.45, 7) is 7.89. The summed E-state index contributed by atoms with van der Waals surface area (Å²) in [7, 11) is 0. The molecule has 0 aromatic rings. The lowest BCUT2D eigenvalue weighted by atomic mass is 10.3. The van der Waals surface area contributed by atoms with Gasteiger partial charge in [-0.1, -0.05) is 13.8 Å². The van der Waals surface area contributed by atoms with Crippen molar-refractivity contribution in [1.82, 2.24) is 4.90 Å². The Morgan fingerprint density at radius 2 is 1.12 bits per heavy atom. The molecule has 0 bridgehead atoms. The Bertz CT molecular complexity index is 348. The highest BCUT2D eigenvalue weighted by molar-refractivity contribution is 5.70. The van der Waals surface area contributed by atoms with Crippen LogP contribution in [0.3, 0.4) is 0 Å². The number of hydrogen-bond donors (Lipinski definition) is 0. The van der Waals surface area contributed by atoms with Gasteiger partial charge in [0.05, 0.1) is 13.0 Å². The molecule has 24 heavy (non-hydrogen) atoms. The van der Waals surface area contributed by atoms with Crippen LogP contribution in [0.4, 0.5) is 0 Å². The molecule has 0 fully saturated rings. The van der Waals surface area contributed by atoms with Crippen LogP contribution in [0, 0.1) is 0 Å². The fourth-order valence-electron chi connectivity index (χ4n) is 1.95. The molecular weight excluding hydrogens is 314 g/mol. The number of nitrogens with zero attached hydrogens (tertiary/aromatic N) is 1. The Kier molecular flexibility index (Phi) is 13.9. The summed E-state index contributed by atoms with van der Waals surface area (Å²) >= 11 is 0. The maximum absolute atomic E-state index is 11.5. The van der Waals surface area contributed by atoms with Crippen molar-refractivity contribution in [2.24, 2.45) is 0 Å². The molecule has 0 amide bonds. The van der Waals surface area contributed by atoms with Crippen molar-refractivity contribution in [2.45, 2.75) is 52.9 Å². The number of ether oxygens (including phenoxy) is 3. The van der Waals surface area contributed by atoms with E-state index in [1.54, 1.807) is 6.92 Å². The second-order valence-corrected chi connectivity index (χ2v) is 5.34. The van der Waals surface area contributed by atoms with Crippen LogP contribution in [0.15, 0.2) is 0 Å². The summed E-state index contributed by atoms with van der Waals surface area (Å²) < 4.78 is 15.2. The van der Waals surface area contributed by atoms with Crippen LogP contribution in [0.1, 0.15) is 52.9 Å². The maximum atomic E-state index is 11.5. The van der Waals surface area contributed by atoms with E-state index >= 15 is 0 Å². The van der Waals surface area contributed by atoms with Crippen molar-refractivity contribution in [3.05, 3.63) is 0 Å². The lowest BCUT2D eigenvalue weighted by Gasteiger charge is -2.21. The van der Waals surface area contributed by atoms with Crippen LogP contribution in [-0.4, -0.2) is 62.3 Å². The molecule has 0 heterocycles. The minimum absolute atomic E-state index is 0.225. The SMILES string of the molecule is CCCC(=O)OCCN(CCOC(=O)CCC)CCC(=O)OCC. The summed E-state index contributed by atoms with van der Waals surface area (Å²) in [5.41, 5.74) is 0. The molecule has 0 aliphatic heterocycles. The molecule has 140 valence electrons. The van der Waals surface area contributed by atoms with Crippen LogP contribution in [0.2, 0.25) is 0 Å². The van der Waals surface area contributed by atoms with Gasteiger partial charge in [-0.3, -0.25) is 19.3 Å². The third kappa shape index (κ3) is 12.9. The molecule has 0 aromatic carbocycles. The van der Waals surface area contributed by atoms with E-state index in [1.807, 2.05) is 18.7 Å². The second kappa shape index (κ2) is 14.9. The molecule has 0 rings (SSSR count). The Morgan fingerprint density at radius 1 is 0.667 bits per heavy atom. The number of carbonyl (C=O) groups excluding carboxylic acids is 3. The first-order valence-corrected chi connectivity index (χ1v) is 8.72. The molecule has 0 unspecified atom stereocenters. The van der Waals surface area contributed by atoms with Gasteiger partial charge in [0.2, 0.25) is 0 Å². The molecule has 7 nitrogen and oxygen atoms in total. The fourth-order valence-corrected chi connectivity index (χ4v) is 1.95. The Balaban J connectivity index is 4.19. The first-order valence-electron chi connectivity index (χ1n) is 8.72. The standard InChI is InChI=1S/C17H31NO6/c1-4-7-15(19)23-13-11-18(10-9-17(21)22-6-3)12-14-24-16(20)8-5-2/h4-14H2,1-3H3. The van der Waals surface area contributed by atoms with Crippen molar-refractivity contribution < 1.29 is 28.6 Å². The third-order valence-electron chi connectivity index (χ3n) is 3.19. The normalized spacial score (nSPS) is 10.5. The Hall–Kier alpha value is -1.63. The van der Waals surface area contributed by atoms with Crippen molar-refractivity contribution >= 4 is 17.9 Å². The zero-order valence-corrected chi connectivity index (χ0v) is 15.2. The fraction of sp³-hybridized carbons (Fsp3) is 0.824. The second-order valence-electron chi connectivity index (χ2n) is 5.34. The molecule has 0 N–H and O–H groups in total. The van der Waals surface area contributed by atoms with Gasteiger partial charge in [0.1, 0.15) is 13.2 Å². The van der Waals surface area contributed by atoms with E-state index < -0.39 is 0 Å². The lowest BCUT2D eigenvalue weighted by Crippen LogP contribution is -2.34. The largest absolute Gasteiger partial charge is 0.466 e. The highest BCUT2D eigenvalue weighted by Gasteiger charge is 2.11. The summed E-state index contributed by atoms with van der Waals surface area (Å²) in [5.74, 6) is -0.720. The molecule has 0 spiro atoms. The molecule has 0 saturated carbocycles. The van der Waals surface area contributed by atoms with Gasteiger partial charge in [-0.15, -0.1) is 0 Å². The van der Waals surface area contributed by atoms with Gasteiger partial charge in [0.25, 0.3) is 0 Å². The summed E-state index contributed by atoms with van der Waals surface area (Å²) in [6, 6.07) is 0. The predicted molar refractivity (Wildman–Crippen MR) is 89.4 cm³/mol. The van der Waals surface area contributed by atoms with Crippen LogP contribution in [-0.2, 0) is 28.6 Å². The van der Waals surface area contributed by atoms with Crippen LogP contribution >= 0.6 is 0 Å².